The van der Waals surface area contributed by atoms with Gasteiger partial charge in [-0.05, 0) is 18.2 Å². The van der Waals surface area contributed by atoms with Crippen LogP contribution < -0.4 is 14.8 Å². The summed E-state index contributed by atoms with van der Waals surface area (Å²) in [6.45, 7) is 0.148. The van der Waals surface area contributed by atoms with Gasteiger partial charge < -0.3 is 14.8 Å². The van der Waals surface area contributed by atoms with Gasteiger partial charge >= 0.3 is 6.18 Å². The number of hydrogen-bond donors (Lipinski definition) is 1. The molecular weight excluding hydrogens is 459 g/mol. The second-order valence-corrected chi connectivity index (χ2v) is 7.16. The first-order valence-corrected chi connectivity index (χ1v) is 9.82. The number of aromatic nitrogens is 1. The Morgan fingerprint density at radius 2 is 1.82 bits per heavy atom. The van der Waals surface area contributed by atoms with Crippen LogP contribution in [0.4, 0.5) is 13.2 Å². The lowest BCUT2D eigenvalue weighted by Gasteiger charge is -2.15. The third-order valence-corrected chi connectivity index (χ3v) is 5.08. The van der Waals surface area contributed by atoms with Gasteiger partial charge in [-0.15, -0.1) is 0 Å². The molecule has 0 aliphatic heterocycles. The summed E-state index contributed by atoms with van der Waals surface area (Å²) in [7, 11) is 2.86. The molecule has 0 aliphatic carbocycles. The zero-order valence-electron chi connectivity index (χ0n) is 17.5. The van der Waals surface area contributed by atoms with Gasteiger partial charge in [-0.1, -0.05) is 29.8 Å². The fraction of sp³-hybridized carbons (Fsp3) is 0.174. The molecule has 1 amide bonds. The minimum atomic E-state index is -4.71. The number of nitriles is 1. The molecule has 0 bridgehead atoms. The van der Waals surface area contributed by atoms with Crippen LogP contribution in [0.2, 0.25) is 5.02 Å². The summed E-state index contributed by atoms with van der Waals surface area (Å²) in [5.41, 5.74) is -0.461. The molecule has 0 fully saturated rings. The monoisotopic (exact) mass is 475 g/mol. The number of rotatable bonds is 6. The van der Waals surface area contributed by atoms with Gasteiger partial charge in [0.2, 0.25) is 0 Å². The Labute approximate surface area is 192 Å². The van der Waals surface area contributed by atoms with E-state index in [2.05, 4.69) is 10.3 Å². The van der Waals surface area contributed by atoms with E-state index in [1.54, 1.807) is 30.3 Å². The minimum absolute atomic E-state index is 0.0527. The molecule has 170 valence electrons. The Morgan fingerprint density at radius 1 is 1.12 bits per heavy atom. The van der Waals surface area contributed by atoms with Crippen molar-refractivity contribution >= 4 is 17.5 Å². The normalized spacial score (nSPS) is 10.9. The summed E-state index contributed by atoms with van der Waals surface area (Å²) >= 11 is 6.30. The maximum Gasteiger partial charge on any atom is 0.433 e. The van der Waals surface area contributed by atoms with Gasteiger partial charge in [0.15, 0.2) is 0 Å². The average Bonchev–Trinajstić information content (AvgIpc) is 2.81. The van der Waals surface area contributed by atoms with E-state index < -0.39 is 17.8 Å². The van der Waals surface area contributed by atoms with Gasteiger partial charge in [0.25, 0.3) is 5.91 Å². The molecule has 1 N–H and O–H groups in total. The van der Waals surface area contributed by atoms with Crippen LogP contribution in [0.5, 0.6) is 11.5 Å². The maximum atomic E-state index is 13.0. The summed E-state index contributed by atoms with van der Waals surface area (Å²) in [6, 6.07) is 12.2. The van der Waals surface area contributed by atoms with Crippen molar-refractivity contribution in [1.29, 1.82) is 5.26 Å². The highest BCUT2D eigenvalue weighted by atomic mass is 35.5. The highest BCUT2D eigenvalue weighted by Gasteiger charge is 2.33. The predicted octanol–water partition coefficient (Wildman–Crippen LogP) is 5.24. The van der Waals surface area contributed by atoms with E-state index >= 15 is 0 Å². The second-order valence-electron chi connectivity index (χ2n) is 6.75. The minimum Gasteiger partial charge on any atom is -0.496 e. The van der Waals surface area contributed by atoms with Crippen molar-refractivity contribution in [2.24, 2.45) is 0 Å². The quantitative estimate of drug-likeness (QED) is 0.527. The van der Waals surface area contributed by atoms with Crippen LogP contribution >= 0.6 is 11.6 Å². The predicted molar refractivity (Wildman–Crippen MR) is 115 cm³/mol. The van der Waals surface area contributed by atoms with E-state index in [4.69, 9.17) is 21.1 Å². The molecule has 0 radical (unpaired) electrons. The number of methoxy groups -OCH3 is 2. The molecule has 0 spiro atoms. The fourth-order valence-corrected chi connectivity index (χ4v) is 3.40. The van der Waals surface area contributed by atoms with Crippen LogP contribution in [0.1, 0.15) is 27.2 Å². The van der Waals surface area contributed by atoms with Crippen LogP contribution in [0.3, 0.4) is 0 Å². The number of hydrogen-bond acceptors (Lipinski definition) is 5. The zero-order chi connectivity index (χ0) is 24.2. The molecule has 0 unspecified atom stereocenters. The highest BCUT2D eigenvalue weighted by molar-refractivity contribution is 6.33. The average molecular weight is 476 g/mol. The molecule has 0 aliphatic rings. The van der Waals surface area contributed by atoms with Crippen molar-refractivity contribution < 1.29 is 27.4 Å². The van der Waals surface area contributed by atoms with Crippen LogP contribution in [-0.4, -0.2) is 25.1 Å². The molecule has 1 aromatic heterocycles. The standard InChI is InChI=1S/C23H17ClF3N3O3/c1-32-19-6-4-3-5-13(19)11-30-22(31)16-8-15(18(24)9-20(16)33-2)17-12-29-21(23(25,26)27)7-14(17)10-28/h3-9,12H,11H2,1-2H3,(H,30,31). The summed E-state index contributed by atoms with van der Waals surface area (Å²) in [5.74, 6) is 0.227. The molecule has 6 nitrogen and oxygen atoms in total. The van der Waals surface area contributed by atoms with Crippen molar-refractivity contribution in [3.8, 4) is 28.7 Å². The van der Waals surface area contributed by atoms with E-state index in [0.29, 0.717) is 11.8 Å². The molecule has 1 heterocycles. The van der Waals surface area contributed by atoms with Crippen molar-refractivity contribution in [3.05, 3.63) is 76.1 Å². The number of ether oxygens (including phenoxy) is 2. The van der Waals surface area contributed by atoms with Crippen LogP contribution in [0, 0.1) is 11.3 Å². The third-order valence-electron chi connectivity index (χ3n) is 4.77. The number of benzene rings is 2. The number of alkyl halides is 3. The van der Waals surface area contributed by atoms with Crippen molar-refractivity contribution in [2.75, 3.05) is 14.2 Å². The van der Waals surface area contributed by atoms with Crippen molar-refractivity contribution in [2.45, 2.75) is 12.7 Å². The Kier molecular flexibility index (Phi) is 7.09. The van der Waals surface area contributed by atoms with Crippen LogP contribution in [0.15, 0.2) is 48.7 Å². The molecular formula is C23H17ClF3N3O3. The Morgan fingerprint density at radius 3 is 2.45 bits per heavy atom. The first-order chi connectivity index (χ1) is 15.7. The van der Waals surface area contributed by atoms with Gasteiger partial charge in [0.05, 0.1) is 36.4 Å². The van der Waals surface area contributed by atoms with Gasteiger partial charge in [-0.3, -0.25) is 9.78 Å². The summed E-state index contributed by atoms with van der Waals surface area (Å²) < 4.78 is 49.5. The number of nitrogens with zero attached hydrogens (tertiary/aromatic N) is 2. The Bertz CT molecular complexity index is 1240. The van der Waals surface area contributed by atoms with E-state index in [9.17, 15) is 23.2 Å². The first-order valence-electron chi connectivity index (χ1n) is 9.45. The van der Waals surface area contributed by atoms with E-state index in [1.165, 1.54) is 26.4 Å². The van der Waals surface area contributed by atoms with E-state index in [0.717, 1.165) is 11.8 Å². The molecule has 0 saturated heterocycles. The maximum absolute atomic E-state index is 13.0. The molecule has 0 saturated carbocycles. The number of carbonyl (C=O) groups is 1. The molecule has 2 aromatic carbocycles. The topological polar surface area (TPSA) is 84.2 Å². The molecule has 3 aromatic rings. The zero-order valence-corrected chi connectivity index (χ0v) is 18.2. The number of pyridine rings is 1. The summed E-state index contributed by atoms with van der Waals surface area (Å²) in [4.78, 5) is 16.3. The van der Waals surface area contributed by atoms with Crippen LogP contribution in [-0.2, 0) is 12.7 Å². The third kappa shape index (κ3) is 5.18. The molecule has 33 heavy (non-hydrogen) atoms. The SMILES string of the molecule is COc1ccccc1CNC(=O)c1cc(-c2cnc(C(F)(F)F)cc2C#N)c(Cl)cc1OC. The van der Waals surface area contributed by atoms with Crippen molar-refractivity contribution in [3.63, 3.8) is 0 Å². The fourth-order valence-electron chi connectivity index (χ4n) is 3.15. The van der Waals surface area contributed by atoms with Gasteiger partial charge in [0.1, 0.15) is 17.2 Å². The smallest absolute Gasteiger partial charge is 0.433 e. The van der Waals surface area contributed by atoms with E-state index in [1.807, 2.05) is 0 Å². The number of halogens is 4. The summed E-state index contributed by atoms with van der Waals surface area (Å²) in [6.07, 6.45) is -3.80. The lowest BCUT2D eigenvalue weighted by Crippen LogP contribution is -2.23. The number of amides is 1. The molecule has 10 heteroatoms. The van der Waals surface area contributed by atoms with Gasteiger partial charge in [-0.2, -0.15) is 18.4 Å². The second kappa shape index (κ2) is 9.79. The van der Waals surface area contributed by atoms with Gasteiger partial charge in [0, 0.05) is 35.5 Å². The van der Waals surface area contributed by atoms with Crippen LogP contribution in [0.25, 0.3) is 11.1 Å². The van der Waals surface area contributed by atoms with Gasteiger partial charge in [-0.25, -0.2) is 0 Å². The first kappa shape index (κ1) is 23.9. The Hall–Kier alpha value is -3.77. The van der Waals surface area contributed by atoms with E-state index in [-0.39, 0.29) is 39.6 Å². The molecule has 0 atom stereocenters. The summed E-state index contributed by atoms with van der Waals surface area (Å²) in [5, 5.41) is 12.2. The number of carbonyl (C=O) groups excluding carboxylic acids is 1. The Balaban J connectivity index is 2.00. The van der Waals surface area contributed by atoms with Crippen molar-refractivity contribution in [1.82, 2.24) is 10.3 Å². The molecule has 3 rings (SSSR count). The number of nitrogens with one attached hydrogen (secondary N) is 1. The number of para-hydroxylation sites is 1. The highest BCUT2D eigenvalue weighted by Crippen LogP contribution is 2.37. The lowest BCUT2D eigenvalue weighted by molar-refractivity contribution is -0.141. The largest absolute Gasteiger partial charge is 0.496 e. The lowest BCUT2D eigenvalue weighted by atomic mass is 9.98.